The third kappa shape index (κ3) is 5.29. The zero-order chi connectivity index (χ0) is 19.1. The monoisotopic (exact) mass is 376 g/mol. The maximum Gasteiger partial charge on any atom is 0.318 e. The summed E-state index contributed by atoms with van der Waals surface area (Å²) < 4.78 is 1.58. The Hall–Kier alpha value is -2.42. The van der Waals surface area contributed by atoms with Gasteiger partial charge in [0, 0.05) is 0 Å². The molecule has 1 atom stereocenters. The van der Waals surface area contributed by atoms with Crippen LogP contribution >= 0.6 is 11.8 Å². The van der Waals surface area contributed by atoms with Gasteiger partial charge in [-0.2, -0.15) is 4.68 Å². The highest BCUT2D eigenvalue weighted by Crippen LogP contribution is 2.28. The number of thioether (sulfide) groups is 1. The minimum atomic E-state index is -0.872. The molecule has 0 aliphatic rings. The molecule has 1 heterocycles. The Kier molecular flexibility index (Phi) is 7.14. The molecular formula is C17H24N6O2S. The third-order valence-electron chi connectivity index (χ3n) is 3.78. The van der Waals surface area contributed by atoms with Crippen molar-refractivity contribution in [1.29, 1.82) is 0 Å². The molecule has 1 aromatic heterocycles. The summed E-state index contributed by atoms with van der Waals surface area (Å²) in [6.07, 6.45) is 3.34. The molecule has 2 aromatic rings. The number of nitrogens with two attached hydrogens (primary N) is 1. The minimum Gasteiger partial charge on any atom is -0.351 e. The maximum atomic E-state index is 12.2. The van der Waals surface area contributed by atoms with Crippen molar-refractivity contribution in [1.82, 2.24) is 25.5 Å². The summed E-state index contributed by atoms with van der Waals surface area (Å²) in [5.74, 6) is -0.497. The molecule has 0 unspecified atom stereocenters. The van der Waals surface area contributed by atoms with E-state index >= 15 is 0 Å². The summed E-state index contributed by atoms with van der Waals surface area (Å²) in [5, 5.41) is 13.8. The summed E-state index contributed by atoms with van der Waals surface area (Å²) in [6.45, 7) is 5.93. The molecule has 8 nitrogen and oxygen atoms in total. The number of rotatable bonds is 8. The standard InChI is InChI=1S/C17H24N6O2S/c1-4-5-6-12-7-9-13(10-8-12)23-17(20-21-22-23)26-14(11(2)3)15(24)19-16(18)25/h7-11,14H,4-6H2,1-3H3,(H3,18,19,24,25)/t14-/m0/s1. The number of unbranched alkanes of at least 4 members (excludes halogenated alkanes) is 1. The topological polar surface area (TPSA) is 116 Å². The molecule has 3 amide bonds. The van der Waals surface area contributed by atoms with Crippen LogP contribution in [0.1, 0.15) is 39.2 Å². The van der Waals surface area contributed by atoms with Gasteiger partial charge in [0.15, 0.2) is 0 Å². The number of nitrogens with zero attached hydrogens (tertiary/aromatic N) is 4. The number of carbonyl (C=O) groups excluding carboxylic acids is 2. The molecule has 9 heteroatoms. The van der Waals surface area contributed by atoms with Crippen LogP contribution in [0.4, 0.5) is 4.79 Å². The van der Waals surface area contributed by atoms with Gasteiger partial charge in [-0.1, -0.05) is 51.1 Å². The predicted octanol–water partition coefficient (Wildman–Crippen LogP) is 2.32. The van der Waals surface area contributed by atoms with Crippen LogP contribution in [-0.4, -0.2) is 37.4 Å². The number of hydrogen-bond donors (Lipinski definition) is 2. The van der Waals surface area contributed by atoms with Crippen molar-refractivity contribution in [3.05, 3.63) is 29.8 Å². The van der Waals surface area contributed by atoms with Gasteiger partial charge in [-0.15, -0.1) is 5.10 Å². The summed E-state index contributed by atoms with van der Waals surface area (Å²) in [4.78, 5) is 23.2. The second kappa shape index (κ2) is 9.33. The van der Waals surface area contributed by atoms with Crippen LogP contribution in [0.15, 0.2) is 29.4 Å². The fraction of sp³-hybridized carbons (Fsp3) is 0.471. The number of carbonyl (C=O) groups is 2. The van der Waals surface area contributed by atoms with Crippen LogP contribution in [0.25, 0.3) is 5.69 Å². The zero-order valence-electron chi connectivity index (χ0n) is 15.2. The molecule has 26 heavy (non-hydrogen) atoms. The highest BCUT2D eigenvalue weighted by molar-refractivity contribution is 8.00. The normalized spacial score (nSPS) is 12.2. The van der Waals surface area contributed by atoms with Crippen molar-refractivity contribution in [3.63, 3.8) is 0 Å². The average molecular weight is 376 g/mol. The van der Waals surface area contributed by atoms with Crippen molar-refractivity contribution in [3.8, 4) is 5.69 Å². The first-order chi connectivity index (χ1) is 12.4. The van der Waals surface area contributed by atoms with Gasteiger partial charge in [0.2, 0.25) is 11.1 Å². The van der Waals surface area contributed by atoms with Crippen LogP contribution in [-0.2, 0) is 11.2 Å². The van der Waals surface area contributed by atoms with Gasteiger partial charge in [-0.3, -0.25) is 10.1 Å². The van der Waals surface area contributed by atoms with E-state index in [1.807, 2.05) is 26.0 Å². The van der Waals surface area contributed by atoms with Gasteiger partial charge >= 0.3 is 6.03 Å². The van der Waals surface area contributed by atoms with Crippen molar-refractivity contribution in [2.24, 2.45) is 11.7 Å². The molecule has 2 rings (SSSR count). The Labute approximate surface area is 156 Å². The highest BCUT2D eigenvalue weighted by Gasteiger charge is 2.27. The molecule has 0 aliphatic heterocycles. The van der Waals surface area contributed by atoms with Crippen LogP contribution in [0, 0.1) is 5.92 Å². The fourth-order valence-electron chi connectivity index (χ4n) is 2.40. The Morgan fingerprint density at radius 2 is 1.96 bits per heavy atom. The highest BCUT2D eigenvalue weighted by atomic mass is 32.2. The number of hydrogen-bond acceptors (Lipinski definition) is 6. The number of nitrogens with one attached hydrogen (secondary N) is 1. The zero-order valence-corrected chi connectivity index (χ0v) is 16.0. The van der Waals surface area contributed by atoms with Crippen LogP contribution < -0.4 is 11.1 Å². The van der Waals surface area contributed by atoms with Gasteiger partial charge in [0.1, 0.15) is 0 Å². The summed E-state index contributed by atoms with van der Waals surface area (Å²) in [7, 11) is 0. The molecule has 140 valence electrons. The van der Waals surface area contributed by atoms with Crippen LogP contribution in [0.5, 0.6) is 0 Å². The maximum absolute atomic E-state index is 12.2. The number of benzene rings is 1. The SMILES string of the molecule is CCCCc1ccc(-n2nnnc2S[C@H](C(=O)NC(N)=O)C(C)C)cc1. The Morgan fingerprint density at radius 3 is 2.54 bits per heavy atom. The lowest BCUT2D eigenvalue weighted by atomic mass is 10.1. The first-order valence-corrected chi connectivity index (χ1v) is 9.45. The van der Waals surface area contributed by atoms with E-state index in [4.69, 9.17) is 5.73 Å². The van der Waals surface area contributed by atoms with Crippen molar-refractivity contribution in [2.75, 3.05) is 0 Å². The van der Waals surface area contributed by atoms with Gasteiger partial charge in [0.05, 0.1) is 10.9 Å². The van der Waals surface area contributed by atoms with E-state index in [0.717, 1.165) is 24.9 Å². The van der Waals surface area contributed by atoms with Crippen molar-refractivity contribution in [2.45, 2.75) is 50.4 Å². The number of urea groups is 1. The molecule has 0 radical (unpaired) electrons. The number of primary amides is 1. The predicted molar refractivity (Wildman–Crippen MR) is 100.0 cm³/mol. The lowest BCUT2D eigenvalue weighted by molar-refractivity contribution is -0.120. The molecule has 0 bridgehead atoms. The number of aromatic nitrogens is 4. The Balaban J connectivity index is 2.18. The molecule has 3 N–H and O–H groups in total. The lowest BCUT2D eigenvalue weighted by Crippen LogP contribution is -2.42. The Bertz CT molecular complexity index is 744. The summed E-state index contributed by atoms with van der Waals surface area (Å²) in [5.41, 5.74) is 7.13. The second-order valence-corrected chi connectivity index (χ2v) is 7.39. The molecule has 0 fully saturated rings. The van der Waals surface area contributed by atoms with Gasteiger partial charge in [-0.05, 0) is 46.9 Å². The molecular weight excluding hydrogens is 352 g/mol. The average Bonchev–Trinajstić information content (AvgIpc) is 3.05. The van der Waals surface area contributed by atoms with Gasteiger partial charge < -0.3 is 5.73 Å². The van der Waals surface area contributed by atoms with E-state index in [0.29, 0.717) is 5.16 Å². The van der Waals surface area contributed by atoms with Crippen LogP contribution in [0.3, 0.4) is 0 Å². The van der Waals surface area contributed by atoms with E-state index in [1.165, 1.54) is 17.3 Å². The Morgan fingerprint density at radius 1 is 1.27 bits per heavy atom. The third-order valence-corrected chi connectivity index (χ3v) is 5.26. The van der Waals surface area contributed by atoms with E-state index in [2.05, 4.69) is 39.9 Å². The smallest absolute Gasteiger partial charge is 0.318 e. The molecule has 0 saturated heterocycles. The molecule has 0 aliphatic carbocycles. The summed E-state index contributed by atoms with van der Waals surface area (Å²) >= 11 is 1.20. The fourth-order valence-corrected chi connectivity index (χ4v) is 3.39. The van der Waals surface area contributed by atoms with Gasteiger partial charge in [0.25, 0.3) is 0 Å². The quantitative estimate of drug-likeness (QED) is 0.683. The largest absolute Gasteiger partial charge is 0.351 e. The molecule has 1 aromatic carbocycles. The second-order valence-electron chi connectivity index (χ2n) is 6.28. The first-order valence-electron chi connectivity index (χ1n) is 8.57. The van der Waals surface area contributed by atoms with Crippen LogP contribution in [0.2, 0.25) is 0 Å². The van der Waals surface area contributed by atoms with Gasteiger partial charge in [-0.25, -0.2) is 4.79 Å². The molecule has 0 spiro atoms. The van der Waals surface area contributed by atoms with Crippen molar-refractivity contribution < 1.29 is 9.59 Å². The van der Waals surface area contributed by atoms with E-state index in [9.17, 15) is 9.59 Å². The first kappa shape index (κ1) is 19.9. The lowest BCUT2D eigenvalue weighted by Gasteiger charge is -2.18. The molecule has 0 saturated carbocycles. The summed E-state index contributed by atoms with van der Waals surface area (Å²) in [6, 6.07) is 7.16. The van der Waals surface area contributed by atoms with E-state index < -0.39 is 17.2 Å². The van der Waals surface area contributed by atoms with E-state index in [-0.39, 0.29) is 5.92 Å². The number of imide groups is 1. The van der Waals surface area contributed by atoms with Crippen molar-refractivity contribution >= 4 is 23.7 Å². The van der Waals surface area contributed by atoms with E-state index in [1.54, 1.807) is 4.68 Å². The number of aryl methyl sites for hydroxylation is 1. The minimum absolute atomic E-state index is 0.0408. The number of amides is 3. The number of tetrazole rings is 1.